The molecule has 0 saturated carbocycles. The molecule has 3 aromatic heterocycles. The number of hydrogen-bond donors (Lipinski definition) is 1. The van der Waals surface area contributed by atoms with E-state index in [-0.39, 0.29) is 47.9 Å². The Bertz CT molecular complexity index is 2260. The Balaban J connectivity index is 0.000000299. The van der Waals surface area contributed by atoms with E-state index in [1.54, 1.807) is 17.7 Å². The number of carbonyl (C=O) groups is 1. The Morgan fingerprint density at radius 3 is 2.11 bits per heavy atom. The molecule has 0 saturated heterocycles. The van der Waals surface area contributed by atoms with Crippen LogP contribution in [-0.2, 0) is 36.7 Å². The largest absolute Gasteiger partial charge is 0.512 e. The van der Waals surface area contributed by atoms with Gasteiger partial charge in [0.2, 0.25) is 0 Å². The molecule has 0 aliphatic heterocycles. The maximum Gasteiger partial charge on any atom is 0.164 e. The maximum atomic E-state index is 12.2. The van der Waals surface area contributed by atoms with Crippen molar-refractivity contribution in [3.05, 3.63) is 82.7 Å². The van der Waals surface area contributed by atoms with E-state index in [2.05, 4.69) is 90.1 Å². The van der Waals surface area contributed by atoms with Gasteiger partial charge in [-0.3, -0.25) is 9.78 Å². The summed E-state index contributed by atoms with van der Waals surface area (Å²) in [6, 6.07) is 19.2. The van der Waals surface area contributed by atoms with E-state index >= 15 is 0 Å². The van der Waals surface area contributed by atoms with Gasteiger partial charge in [-0.2, -0.15) is 0 Å². The molecule has 0 aliphatic carbocycles. The fourth-order valence-electron chi connectivity index (χ4n) is 6.85. The number of fused-ring (bicyclic) bond motifs is 6. The van der Waals surface area contributed by atoms with Crippen LogP contribution in [0.15, 0.2) is 60.6 Å². The molecule has 4 nitrogen and oxygen atoms in total. The number of aryl methyl sites for hydroxylation is 1. The van der Waals surface area contributed by atoms with E-state index in [1.807, 2.05) is 52.9 Å². The van der Waals surface area contributed by atoms with Crippen LogP contribution in [0.1, 0.15) is 118 Å². The van der Waals surface area contributed by atoms with E-state index < -0.39 is 0 Å². The first-order valence-electron chi connectivity index (χ1n) is 19.0. The van der Waals surface area contributed by atoms with Gasteiger partial charge in [-0.1, -0.05) is 111 Å². The topological polar surface area (TPSA) is 63.1 Å². The van der Waals surface area contributed by atoms with Gasteiger partial charge in [0.05, 0.1) is 0 Å². The zero-order valence-corrected chi connectivity index (χ0v) is 37.7. The number of aromatic nitrogens is 2. The monoisotopic (exact) mass is 926 g/mol. The first-order valence-corrected chi connectivity index (χ1v) is 20.6. The van der Waals surface area contributed by atoms with E-state index in [0.717, 1.165) is 53.6 Å². The number of ketones is 1. The van der Waals surface area contributed by atoms with Crippen molar-refractivity contribution in [2.75, 3.05) is 0 Å². The predicted octanol–water partition coefficient (Wildman–Crippen LogP) is 14.1. The van der Waals surface area contributed by atoms with Gasteiger partial charge < -0.3 is 5.11 Å². The number of hydrogen-bond acceptors (Lipinski definition) is 6. The maximum absolute atomic E-state index is 12.2. The van der Waals surface area contributed by atoms with Gasteiger partial charge in [0, 0.05) is 67.8 Å². The Morgan fingerprint density at radius 2 is 1.51 bits per heavy atom. The Hall–Kier alpha value is -2.96. The van der Waals surface area contributed by atoms with E-state index in [4.69, 9.17) is 9.97 Å². The van der Waals surface area contributed by atoms with Crippen LogP contribution in [0.3, 0.4) is 0 Å². The van der Waals surface area contributed by atoms with Crippen molar-refractivity contribution in [3.8, 4) is 11.3 Å². The summed E-state index contributed by atoms with van der Waals surface area (Å²) >= 11 is 3.73. The second-order valence-corrected chi connectivity index (χ2v) is 18.5. The van der Waals surface area contributed by atoms with Gasteiger partial charge in [-0.15, -0.1) is 51.8 Å². The van der Waals surface area contributed by atoms with Gasteiger partial charge in [-0.25, -0.2) is 4.98 Å². The molecule has 53 heavy (non-hydrogen) atoms. The number of aliphatic hydroxyl groups excluding tert-OH is 1. The second-order valence-electron chi connectivity index (χ2n) is 16.4. The Labute approximate surface area is 338 Å². The van der Waals surface area contributed by atoms with Crippen molar-refractivity contribution in [2.24, 2.45) is 16.7 Å². The second kappa shape index (κ2) is 16.8. The Kier molecular flexibility index (Phi) is 13.6. The van der Waals surface area contributed by atoms with Gasteiger partial charge >= 0.3 is 0 Å². The fourth-order valence-corrected chi connectivity index (χ4v) is 9.53. The first-order chi connectivity index (χ1) is 24.5. The summed E-state index contributed by atoms with van der Waals surface area (Å²) in [5.74, 6) is 0.923. The van der Waals surface area contributed by atoms with Crippen molar-refractivity contribution in [2.45, 2.75) is 121 Å². The molecule has 3 aromatic carbocycles. The molecular weight excluding hydrogens is 869 g/mol. The number of rotatable bonds is 10. The molecule has 1 N–H and O–H groups in total. The van der Waals surface area contributed by atoms with E-state index in [9.17, 15) is 9.90 Å². The quantitative estimate of drug-likeness (QED) is 0.0845. The molecule has 0 aliphatic rings. The van der Waals surface area contributed by atoms with Crippen LogP contribution in [0.4, 0.5) is 0 Å². The first kappa shape index (κ1) is 42.8. The van der Waals surface area contributed by atoms with Crippen molar-refractivity contribution < 1.29 is 30.0 Å². The minimum Gasteiger partial charge on any atom is -0.512 e. The van der Waals surface area contributed by atoms with Gasteiger partial charge in [0.25, 0.3) is 0 Å². The van der Waals surface area contributed by atoms with Gasteiger partial charge in [0.15, 0.2) is 5.78 Å². The number of carbonyl (C=O) groups excluding carboxylic acids is 1. The fraction of sp³-hybridized carbons (Fsp3) is 0.457. The number of nitrogens with zero attached hydrogens (tertiary/aromatic N) is 2. The van der Waals surface area contributed by atoms with Crippen LogP contribution >= 0.6 is 22.7 Å². The zero-order chi connectivity index (χ0) is 38.2. The third-order valence-corrected chi connectivity index (χ3v) is 13.9. The smallest absolute Gasteiger partial charge is 0.164 e. The summed E-state index contributed by atoms with van der Waals surface area (Å²) in [6.45, 7) is 25.8. The van der Waals surface area contributed by atoms with Gasteiger partial charge in [0.1, 0.15) is 16.9 Å². The molecule has 3 heterocycles. The molecule has 6 rings (SSSR count). The van der Waals surface area contributed by atoms with Crippen molar-refractivity contribution >= 4 is 69.6 Å². The SMILES string of the molecule is CCC(C)(CC)C(=O)/C=C(\O)C(C)(CC)CC.Cc1c(CC(C)C)sc2c1ccc1sc3ncnc(-c4[c-]c5ccccc5c(C(C)(C)C)c4)c3c12.[Ir]. The standard InChI is InChI=1S/C31H29N2S2.C15H28O2.Ir/c1-17(2)13-25-18(3)21-11-12-24-26(29(21)34-25)27-28(32-16-33-30(27)35-24)20-14-19-9-7-8-10-22(19)23(15-20)31(4,5)6;1-7-14(5,8-2)12(16)11-13(17)15(6,9-3)10-4;/h7-12,15-17H,13H2,1-6H3;11,16H,7-10H2,1-6H3;/q-1;;/b;12-11-;. The number of thiophene rings is 2. The molecular formula is C46H57IrN2O2S2-. The summed E-state index contributed by atoms with van der Waals surface area (Å²) in [5, 5.41) is 16.4. The van der Waals surface area contributed by atoms with Crippen LogP contribution in [0.5, 0.6) is 0 Å². The third kappa shape index (κ3) is 8.49. The van der Waals surface area contributed by atoms with Gasteiger partial charge in [-0.05, 0) is 67.4 Å². The number of allylic oxidation sites excluding steroid dienone is 2. The molecule has 285 valence electrons. The van der Waals surface area contributed by atoms with Crippen LogP contribution in [0.25, 0.3) is 52.4 Å². The van der Waals surface area contributed by atoms with Crippen LogP contribution in [-0.4, -0.2) is 20.9 Å². The van der Waals surface area contributed by atoms with Crippen LogP contribution in [0, 0.1) is 29.7 Å². The van der Waals surface area contributed by atoms with Crippen LogP contribution < -0.4 is 0 Å². The molecule has 1 radical (unpaired) electrons. The minimum absolute atomic E-state index is 0. The summed E-state index contributed by atoms with van der Waals surface area (Å²) in [6.07, 6.45) is 7.59. The molecule has 0 spiro atoms. The average molecular weight is 926 g/mol. The number of benzene rings is 3. The summed E-state index contributed by atoms with van der Waals surface area (Å²) in [7, 11) is 0. The number of aliphatic hydroxyl groups is 1. The molecule has 7 heteroatoms. The molecule has 0 amide bonds. The van der Waals surface area contributed by atoms with E-state index in [1.165, 1.54) is 53.0 Å². The molecule has 0 atom stereocenters. The molecule has 0 bridgehead atoms. The average Bonchev–Trinajstić information content (AvgIpc) is 3.66. The zero-order valence-electron chi connectivity index (χ0n) is 33.7. The third-order valence-electron chi connectivity index (χ3n) is 11.5. The van der Waals surface area contributed by atoms with E-state index in [0.29, 0.717) is 5.92 Å². The van der Waals surface area contributed by atoms with Crippen molar-refractivity contribution in [1.29, 1.82) is 0 Å². The molecule has 0 unspecified atom stereocenters. The van der Waals surface area contributed by atoms with Crippen molar-refractivity contribution in [1.82, 2.24) is 9.97 Å². The van der Waals surface area contributed by atoms with Crippen molar-refractivity contribution in [3.63, 3.8) is 0 Å². The normalized spacial score (nSPS) is 12.8. The molecule has 0 fully saturated rings. The molecule has 6 aromatic rings. The minimum atomic E-state index is -0.337. The summed E-state index contributed by atoms with van der Waals surface area (Å²) < 4.78 is 2.65. The van der Waals surface area contributed by atoms with Crippen LogP contribution in [0.2, 0.25) is 0 Å². The summed E-state index contributed by atoms with van der Waals surface area (Å²) in [4.78, 5) is 24.3. The Morgan fingerprint density at radius 1 is 0.868 bits per heavy atom. The predicted molar refractivity (Wildman–Crippen MR) is 227 cm³/mol. The summed E-state index contributed by atoms with van der Waals surface area (Å²) in [5.41, 5.74) is 4.19.